The molecule has 0 saturated carbocycles. The van der Waals surface area contributed by atoms with Crippen LogP contribution in [-0.4, -0.2) is 40.3 Å². The SMILES string of the molecule is COC(=O)c1ccc(NCC(=O)Nc2cc(Cl)ccc2-n2cncn2)cc1. The Morgan fingerprint density at radius 2 is 1.96 bits per heavy atom. The number of anilines is 2. The first-order valence-electron chi connectivity index (χ1n) is 7.93. The third kappa shape index (κ3) is 4.62. The molecule has 0 atom stereocenters. The van der Waals surface area contributed by atoms with Gasteiger partial charge in [-0.05, 0) is 42.5 Å². The van der Waals surface area contributed by atoms with Gasteiger partial charge in [0.25, 0.3) is 0 Å². The van der Waals surface area contributed by atoms with Crippen molar-refractivity contribution >= 4 is 34.9 Å². The van der Waals surface area contributed by atoms with Crippen molar-refractivity contribution in [1.82, 2.24) is 14.8 Å². The van der Waals surface area contributed by atoms with Crippen molar-refractivity contribution in [3.05, 3.63) is 65.7 Å². The molecular formula is C18H16ClN5O3. The van der Waals surface area contributed by atoms with Gasteiger partial charge in [-0.25, -0.2) is 14.5 Å². The van der Waals surface area contributed by atoms with Crippen LogP contribution in [0.1, 0.15) is 10.4 Å². The third-order valence-corrected chi connectivity index (χ3v) is 3.89. The number of carbonyl (C=O) groups excluding carboxylic acids is 2. The van der Waals surface area contributed by atoms with Crippen LogP contribution < -0.4 is 10.6 Å². The van der Waals surface area contributed by atoms with Gasteiger partial charge in [0.05, 0.1) is 30.6 Å². The molecule has 0 radical (unpaired) electrons. The summed E-state index contributed by atoms with van der Waals surface area (Å²) in [7, 11) is 1.32. The fourth-order valence-corrected chi connectivity index (χ4v) is 2.53. The lowest BCUT2D eigenvalue weighted by atomic mass is 10.2. The monoisotopic (exact) mass is 385 g/mol. The lowest BCUT2D eigenvalue weighted by molar-refractivity contribution is -0.114. The van der Waals surface area contributed by atoms with Crippen LogP contribution in [0.15, 0.2) is 55.1 Å². The van der Waals surface area contributed by atoms with E-state index in [2.05, 4.69) is 25.5 Å². The number of nitrogens with one attached hydrogen (secondary N) is 2. The van der Waals surface area contributed by atoms with Gasteiger partial charge in [-0.15, -0.1) is 0 Å². The number of rotatable bonds is 6. The Hall–Kier alpha value is -3.39. The van der Waals surface area contributed by atoms with Crippen LogP contribution in [0.3, 0.4) is 0 Å². The number of esters is 1. The summed E-state index contributed by atoms with van der Waals surface area (Å²) in [5, 5.41) is 10.3. The molecule has 1 amide bonds. The van der Waals surface area contributed by atoms with Crippen LogP contribution in [-0.2, 0) is 9.53 Å². The zero-order valence-corrected chi connectivity index (χ0v) is 15.1. The summed E-state index contributed by atoms with van der Waals surface area (Å²) in [4.78, 5) is 27.6. The minimum atomic E-state index is -0.416. The quantitative estimate of drug-likeness (QED) is 0.633. The van der Waals surface area contributed by atoms with Crippen molar-refractivity contribution in [2.45, 2.75) is 0 Å². The molecule has 2 N–H and O–H groups in total. The van der Waals surface area contributed by atoms with Crippen molar-refractivity contribution in [2.75, 3.05) is 24.3 Å². The van der Waals surface area contributed by atoms with E-state index in [1.165, 1.54) is 24.4 Å². The van der Waals surface area contributed by atoms with Crippen molar-refractivity contribution in [2.24, 2.45) is 0 Å². The minimum absolute atomic E-state index is 0.0287. The predicted octanol–water partition coefficient (Wildman–Crippen LogP) is 2.76. The van der Waals surface area contributed by atoms with Gasteiger partial charge in [0.2, 0.25) is 5.91 Å². The van der Waals surface area contributed by atoms with E-state index in [-0.39, 0.29) is 12.5 Å². The van der Waals surface area contributed by atoms with Crippen LogP contribution in [0.2, 0.25) is 5.02 Å². The topological polar surface area (TPSA) is 98.1 Å². The number of aromatic nitrogens is 3. The molecule has 3 rings (SSSR count). The van der Waals surface area contributed by atoms with Gasteiger partial charge in [-0.3, -0.25) is 4.79 Å². The van der Waals surface area contributed by atoms with Crippen molar-refractivity contribution < 1.29 is 14.3 Å². The molecule has 0 unspecified atom stereocenters. The summed E-state index contributed by atoms with van der Waals surface area (Å²) in [6.45, 7) is 0.0287. The molecule has 9 heteroatoms. The van der Waals surface area contributed by atoms with Gasteiger partial charge >= 0.3 is 5.97 Å². The number of benzene rings is 2. The van der Waals surface area contributed by atoms with Gasteiger partial charge < -0.3 is 15.4 Å². The standard InChI is InChI=1S/C18H16ClN5O3/c1-27-18(26)12-2-5-14(6-3-12)21-9-17(25)23-15-8-13(19)4-7-16(15)24-11-20-10-22-24/h2-8,10-11,21H,9H2,1H3,(H,23,25). The number of methoxy groups -OCH3 is 1. The van der Waals surface area contributed by atoms with Crippen LogP contribution in [0.4, 0.5) is 11.4 Å². The Labute approximate surface area is 160 Å². The van der Waals surface area contributed by atoms with Crippen molar-refractivity contribution in [1.29, 1.82) is 0 Å². The predicted molar refractivity (Wildman–Crippen MR) is 101 cm³/mol. The third-order valence-electron chi connectivity index (χ3n) is 3.66. The Kier molecular flexibility index (Phi) is 5.68. The van der Waals surface area contributed by atoms with Crippen LogP contribution >= 0.6 is 11.6 Å². The number of halogens is 1. The fourth-order valence-electron chi connectivity index (χ4n) is 2.36. The van der Waals surface area contributed by atoms with E-state index in [1.807, 2.05) is 0 Å². The molecular weight excluding hydrogens is 370 g/mol. The maximum absolute atomic E-state index is 12.3. The molecule has 0 bridgehead atoms. The molecule has 0 saturated heterocycles. The zero-order valence-electron chi connectivity index (χ0n) is 14.3. The summed E-state index contributed by atoms with van der Waals surface area (Å²) in [5.74, 6) is -0.684. The summed E-state index contributed by atoms with van der Waals surface area (Å²) in [5.41, 5.74) is 2.29. The maximum Gasteiger partial charge on any atom is 0.337 e. The first kappa shape index (κ1) is 18.4. The lowest BCUT2D eigenvalue weighted by Crippen LogP contribution is -2.22. The van der Waals surface area contributed by atoms with Crippen molar-refractivity contribution in [3.63, 3.8) is 0 Å². The van der Waals surface area contributed by atoms with Crippen LogP contribution in [0.25, 0.3) is 5.69 Å². The van der Waals surface area contributed by atoms with E-state index < -0.39 is 5.97 Å². The van der Waals surface area contributed by atoms with Crippen LogP contribution in [0, 0.1) is 0 Å². The number of ether oxygens (including phenoxy) is 1. The molecule has 27 heavy (non-hydrogen) atoms. The number of carbonyl (C=O) groups is 2. The molecule has 0 aliphatic carbocycles. The van der Waals surface area contributed by atoms with E-state index >= 15 is 0 Å². The second-order valence-corrected chi connectivity index (χ2v) is 5.91. The largest absolute Gasteiger partial charge is 0.465 e. The van der Waals surface area contributed by atoms with E-state index in [9.17, 15) is 9.59 Å². The summed E-state index contributed by atoms with van der Waals surface area (Å²) < 4.78 is 6.18. The average molecular weight is 386 g/mol. The van der Waals surface area contributed by atoms with Gasteiger partial charge in [0.15, 0.2) is 0 Å². The number of nitrogens with zero attached hydrogens (tertiary/aromatic N) is 3. The molecule has 3 aromatic rings. The zero-order chi connectivity index (χ0) is 19.2. The number of amides is 1. The highest BCUT2D eigenvalue weighted by Crippen LogP contribution is 2.24. The normalized spacial score (nSPS) is 10.3. The smallest absolute Gasteiger partial charge is 0.337 e. The fraction of sp³-hybridized carbons (Fsp3) is 0.111. The molecule has 0 spiro atoms. The Morgan fingerprint density at radius 3 is 2.63 bits per heavy atom. The van der Waals surface area contributed by atoms with Gasteiger partial charge in [-0.1, -0.05) is 11.6 Å². The molecule has 138 valence electrons. The highest BCUT2D eigenvalue weighted by molar-refractivity contribution is 6.31. The molecule has 2 aromatic carbocycles. The average Bonchev–Trinajstić information content (AvgIpc) is 3.21. The molecule has 0 fully saturated rings. The highest BCUT2D eigenvalue weighted by Gasteiger charge is 2.10. The van der Waals surface area contributed by atoms with Gasteiger partial charge in [0.1, 0.15) is 12.7 Å². The van der Waals surface area contributed by atoms with Gasteiger partial charge in [-0.2, -0.15) is 5.10 Å². The Morgan fingerprint density at radius 1 is 1.19 bits per heavy atom. The summed E-state index contributed by atoms with van der Waals surface area (Å²) >= 11 is 6.04. The highest BCUT2D eigenvalue weighted by atomic mass is 35.5. The number of hydrogen-bond acceptors (Lipinski definition) is 6. The van der Waals surface area contributed by atoms with E-state index in [1.54, 1.807) is 42.5 Å². The minimum Gasteiger partial charge on any atom is -0.465 e. The molecule has 1 aromatic heterocycles. The second-order valence-electron chi connectivity index (χ2n) is 5.47. The first-order valence-corrected chi connectivity index (χ1v) is 8.31. The summed E-state index contributed by atoms with van der Waals surface area (Å²) in [6.07, 6.45) is 2.93. The van der Waals surface area contributed by atoms with E-state index in [0.29, 0.717) is 27.6 Å². The molecule has 0 aliphatic rings. The molecule has 1 heterocycles. The Bertz CT molecular complexity index is 942. The van der Waals surface area contributed by atoms with Crippen molar-refractivity contribution in [3.8, 4) is 5.69 Å². The number of hydrogen-bond donors (Lipinski definition) is 2. The van der Waals surface area contributed by atoms with Crippen LogP contribution in [0.5, 0.6) is 0 Å². The first-order chi connectivity index (χ1) is 13.1. The Balaban J connectivity index is 1.65. The molecule has 0 aliphatic heterocycles. The molecule has 8 nitrogen and oxygen atoms in total. The second kappa shape index (κ2) is 8.33. The van der Waals surface area contributed by atoms with E-state index in [0.717, 1.165) is 0 Å². The van der Waals surface area contributed by atoms with E-state index in [4.69, 9.17) is 11.6 Å². The summed E-state index contributed by atoms with van der Waals surface area (Å²) in [6, 6.07) is 11.7. The van der Waals surface area contributed by atoms with Gasteiger partial charge in [0, 0.05) is 10.7 Å². The lowest BCUT2D eigenvalue weighted by Gasteiger charge is -2.12. The maximum atomic E-state index is 12.3.